The van der Waals surface area contributed by atoms with E-state index >= 15 is 0 Å². The van der Waals surface area contributed by atoms with Gasteiger partial charge in [-0.25, -0.2) is 9.78 Å². The highest BCUT2D eigenvalue weighted by atomic mass is 79.9. The van der Waals surface area contributed by atoms with Crippen molar-refractivity contribution in [3.05, 3.63) is 57.2 Å². The smallest absolute Gasteiger partial charge is 0.422 e. The average molecular weight is 828 g/mol. The molecular formula is C34H43BrF3N8O6P. The molecule has 0 aliphatic carbocycles. The van der Waals surface area contributed by atoms with Gasteiger partial charge in [-0.3, -0.25) is 15.0 Å². The van der Waals surface area contributed by atoms with Crippen LogP contribution >= 0.6 is 23.1 Å². The number of alkyl halides is 3. The van der Waals surface area contributed by atoms with Crippen LogP contribution in [-0.2, 0) is 9.30 Å². The topological polar surface area (TPSA) is 155 Å². The third-order valence-electron chi connectivity index (χ3n) is 8.68. The monoisotopic (exact) mass is 826 g/mol. The fourth-order valence-corrected chi connectivity index (χ4v) is 7.66. The van der Waals surface area contributed by atoms with E-state index in [2.05, 4.69) is 41.4 Å². The maximum absolute atomic E-state index is 13.4. The van der Waals surface area contributed by atoms with Gasteiger partial charge in [0, 0.05) is 68.9 Å². The number of rotatable bonds is 10. The van der Waals surface area contributed by atoms with E-state index in [-0.39, 0.29) is 46.7 Å². The number of aromatic nitrogens is 2. The first kappa shape index (κ1) is 40.0. The van der Waals surface area contributed by atoms with Gasteiger partial charge < -0.3 is 34.5 Å². The van der Waals surface area contributed by atoms with Gasteiger partial charge in [0.1, 0.15) is 30.0 Å². The summed E-state index contributed by atoms with van der Waals surface area (Å²) in [5, 5.41) is 18.9. The molecule has 2 aromatic carbocycles. The number of benzene rings is 2. The van der Waals surface area contributed by atoms with Crippen molar-refractivity contribution in [3.8, 4) is 5.75 Å². The normalized spacial score (nSPS) is 16.3. The molecule has 2 aliphatic heterocycles. The number of amides is 1. The van der Waals surface area contributed by atoms with E-state index in [0.717, 1.165) is 6.07 Å². The van der Waals surface area contributed by atoms with E-state index in [1.807, 2.05) is 20.8 Å². The molecular weight excluding hydrogens is 784 g/mol. The molecule has 3 heterocycles. The van der Waals surface area contributed by atoms with Crippen LogP contribution < -0.4 is 25.6 Å². The zero-order valence-corrected chi connectivity index (χ0v) is 32.6. The quantitative estimate of drug-likeness (QED) is 0.119. The Morgan fingerprint density at radius 3 is 2.30 bits per heavy atom. The molecule has 288 valence electrons. The number of anilines is 5. The number of hydrogen-bond donors (Lipinski definition) is 2. The number of nitrogens with one attached hydrogen (secondary N) is 2. The molecule has 2 fully saturated rings. The largest absolute Gasteiger partial charge is 0.482 e. The number of ether oxygens (including phenoxy) is 2. The van der Waals surface area contributed by atoms with Crippen LogP contribution in [-0.4, -0.2) is 108 Å². The van der Waals surface area contributed by atoms with Crippen molar-refractivity contribution in [1.29, 1.82) is 0 Å². The van der Waals surface area contributed by atoms with Gasteiger partial charge in [0.05, 0.1) is 20.8 Å². The van der Waals surface area contributed by atoms with Gasteiger partial charge in [0.15, 0.2) is 6.61 Å². The Labute approximate surface area is 314 Å². The lowest BCUT2D eigenvalue weighted by Crippen LogP contribution is -2.55. The number of nitro benzene ring substituents is 1. The van der Waals surface area contributed by atoms with Gasteiger partial charge in [-0.05, 0) is 75.0 Å². The predicted molar refractivity (Wildman–Crippen MR) is 201 cm³/mol. The second kappa shape index (κ2) is 16.1. The number of nitro groups is 1. The van der Waals surface area contributed by atoms with Crippen LogP contribution in [0.25, 0.3) is 0 Å². The first-order valence-electron chi connectivity index (χ1n) is 17.0. The molecule has 0 spiro atoms. The third-order valence-corrected chi connectivity index (χ3v) is 10.8. The van der Waals surface area contributed by atoms with Crippen molar-refractivity contribution < 1.29 is 36.9 Å². The van der Waals surface area contributed by atoms with Gasteiger partial charge in [0.25, 0.3) is 5.69 Å². The maximum Gasteiger partial charge on any atom is 0.422 e. The highest BCUT2D eigenvalue weighted by Crippen LogP contribution is 2.42. The Balaban J connectivity index is 1.35. The summed E-state index contributed by atoms with van der Waals surface area (Å²) >= 11 is 3.39. The molecule has 2 saturated heterocycles. The molecule has 1 aromatic heterocycles. The van der Waals surface area contributed by atoms with Crippen molar-refractivity contribution in [1.82, 2.24) is 19.8 Å². The zero-order valence-electron chi connectivity index (χ0n) is 30.1. The lowest BCUT2D eigenvalue weighted by Gasteiger charge is -2.43. The fourth-order valence-electron chi connectivity index (χ4n) is 6.21. The van der Waals surface area contributed by atoms with Crippen LogP contribution in [0, 0.1) is 10.1 Å². The highest BCUT2D eigenvalue weighted by molar-refractivity contribution is 9.10. The third kappa shape index (κ3) is 10.7. The second-order valence-corrected chi connectivity index (χ2v) is 18.3. The summed E-state index contributed by atoms with van der Waals surface area (Å²) in [4.78, 5) is 38.7. The number of hydrogen-bond acceptors (Lipinski definition) is 12. The Morgan fingerprint density at radius 1 is 1.04 bits per heavy atom. The number of carbonyl (C=O) groups excluding carboxylic acids is 1. The molecule has 5 rings (SSSR count). The first-order valence-corrected chi connectivity index (χ1v) is 20.4. The van der Waals surface area contributed by atoms with Crippen molar-refractivity contribution in [2.24, 2.45) is 0 Å². The van der Waals surface area contributed by atoms with E-state index in [9.17, 15) is 32.6 Å². The van der Waals surface area contributed by atoms with Crippen LogP contribution in [0.4, 0.5) is 52.5 Å². The lowest BCUT2D eigenvalue weighted by atomic mass is 10.0. The van der Waals surface area contributed by atoms with Crippen LogP contribution in [0.3, 0.4) is 0 Å². The van der Waals surface area contributed by atoms with Gasteiger partial charge in [-0.2, -0.15) is 18.2 Å². The summed E-state index contributed by atoms with van der Waals surface area (Å²) in [6.07, 6.45) is -2.32. The summed E-state index contributed by atoms with van der Waals surface area (Å²) in [6.45, 7) is 10.3. The van der Waals surface area contributed by atoms with Crippen molar-refractivity contribution in [3.63, 3.8) is 0 Å². The Morgan fingerprint density at radius 2 is 1.70 bits per heavy atom. The summed E-state index contributed by atoms with van der Waals surface area (Å²) in [7, 11) is -2.69. The van der Waals surface area contributed by atoms with E-state index < -0.39 is 30.4 Å². The molecule has 0 unspecified atom stereocenters. The van der Waals surface area contributed by atoms with E-state index in [1.54, 1.807) is 47.4 Å². The van der Waals surface area contributed by atoms with E-state index in [0.29, 0.717) is 67.6 Å². The minimum atomic E-state index is -4.68. The van der Waals surface area contributed by atoms with Gasteiger partial charge in [0.2, 0.25) is 5.95 Å². The Bertz CT molecular complexity index is 1860. The maximum atomic E-state index is 13.4. The first-order chi connectivity index (χ1) is 24.8. The van der Waals surface area contributed by atoms with Gasteiger partial charge in [-0.15, -0.1) is 0 Å². The molecule has 0 atom stereocenters. The van der Waals surface area contributed by atoms with Crippen molar-refractivity contribution >= 4 is 69.0 Å². The van der Waals surface area contributed by atoms with Crippen molar-refractivity contribution in [2.45, 2.75) is 51.4 Å². The molecule has 3 aromatic rings. The molecule has 1 amide bonds. The number of carbonyl (C=O) groups is 1. The summed E-state index contributed by atoms with van der Waals surface area (Å²) in [5.41, 5.74) is -0.392. The average Bonchev–Trinajstić information content (AvgIpc) is 3.08. The minimum Gasteiger partial charge on any atom is -0.482 e. The zero-order chi connectivity index (χ0) is 38.7. The SMILES string of the molecule is CC(C)(C)OC(=O)N1CCN(C2CCN(c3cc(OCC(F)(F)F)c(Nc4ncc(Br)c(Nc5ccccc5P(C)(C)=O)n4)cc3[N+](=O)[O-])CC2)CC1. The molecule has 2 N–H and O–H groups in total. The lowest BCUT2D eigenvalue weighted by molar-refractivity contribution is -0.384. The highest BCUT2D eigenvalue weighted by Gasteiger charge is 2.34. The standard InChI is InChI=1S/C34H43BrF3N8O6P/c1-33(2,3)52-32(47)45-16-14-43(15-17-45)22-10-12-44(13-11-22)26-19-28(51-21-34(36,37)38)25(18-27(26)46(48)49)41-31-39-20-23(35)30(42-31)40-24-8-6-7-9-29(24)53(4,5)50/h6-9,18-20,22H,10-17,21H2,1-5H3,(H2,39,40,41,42). The van der Waals surface area contributed by atoms with E-state index in [1.165, 1.54) is 12.3 Å². The minimum absolute atomic E-state index is 0.0872. The molecule has 0 saturated carbocycles. The van der Waals surface area contributed by atoms with Gasteiger partial charge in [-0.1, -0.05) is 12.1 Å². The fraction of sp³-hybridized carbons (Fsp3) is 0.500. The van der Waals surface area contributed by atoms with Crippen LogP contribution in [0.1, 0.15) is 33.6 Å². The summed E-state index contributed by atoms with van der Waals surface area (Å²) < 4.78 is 64.2. The molecule has 53 heavy (non-hydrogen) atoms. The van der Waals surface area contributed by atoms with E-state index in [4.69, 9.17) is 9.47 Å². The molecule has 19 heteroatoms. The number of nitrogens with zero attached hydrogens (tertiary/aromatic N) is 6. The van der Waals surface area contributed by atoms with Gasteiger partial charge >= 0.3 is 12.3 Å². The summed E-state index contributed by atoms with van der Waals surface area (Å²) in [5.74, 6) is -0.107. The molecule has 2 aliphatic rings. The second-order valence-electron chi connectivity index (χ2n) is 14.2. The molecule has 0 bridgehead atoms. The molecule has 0 radical (unpaired) electrons. The Hall–Kier alpha value is -4.15. The number of para-hydroxylation sites is 1. The van der Waals surface area contributed by atoms with Crippen molar-refractivity contribution in [2.75, 3.05) is 74.7 Å². The van der Waals surface area contributed by atoms with Crippen LogP contribution in [0.15, 0.2) is 47.1 Å². The number of piperidine rings is 1. The predicted octanol–water partition coefficient (Wildman–Crippen LogP) is 7.35. The Kier molecular flexibility index (Phi) is 12.1. The van der Waals surface area contributed by atoms with Crippen LogP contribution in [0.2, 0.25) is 0 Å². The number of piperazine rings is 1. The molecule has 14 nitrogen and oxygen atoms in total. The van der Waals surface area contributed by atoms with Crippen LogP contribution in [0.5, 0.6) is 5.75 Å². The number of halogens is 4. The summed E-state index contributed by atoms with van der Waals surface area (Å²) in [6, 6.07) is 9.54.